The maximum absolute atomic E-state index is 13.1. The molecule has 0 saturated heterocycles. The van der Waals surface area contributed by atoms with Gasteiger partial charge in [0.05, 0.1) is 27.7 Å². The van der Waals surface area contributed by atoms with E-state index in [1.54, 1.807) is 43.6 Å². The van der Waals surface area contributed by atoms with E-state index >= 15 is 0 Å². The molecule has 0 unspecified atom stereocenters. The van der Waals surface area contributed by atoms with E-state index in [1.165, 1.54) is 22.0 Å². The van der Waals surface area contributed by atoms with Crippen molar-refractivity contribution in [3.05, 3.63) is 99.4 Å². The van der Waals surface area contributed by atoms with Crippen molar-refractivity contribution in [3.8, 4) is 22.0 Å². The third-order valence-electron chi connectivity index (χ3n) is 4.50. The van der Waals surface area contributed by atoms with Gasteiger partial charge in [-0.1, -0.05) is 41.9 Å². The number of methoxy groups -OCH3 is 1. The van der Waals surface area contributed by atoms with Gasteiger partial charge in [-0.25, -0.2) is 9.36 Å². The molecule has 0 aliphatic carbocycles. The van der Waals surface area contributed by atoms with Crippen molar-refractivity contribution < 1.29 is 9.53 Å². The molecule has 4 aromatic rings. The van der Waals surface area contributed by atoms with Gasteiger partial charge in [0.2, 0.25) is 0 Å². The van der Waals surface area contributed by atoms with Gasteiger partial charge in [-0.15, -0.1) is 11.3 Å². The summed E-state index contributed by atoms with van der Waals surface area (Å²) < 4.78 is 8.35. The SMILES string of the molecule is COc1ccc(C=CC(=O)n2c(-c3ccc(Cl)s3)cn(-c3ccccc3)c2=O)cc1. The van der Waals surface area contributed by atoms with Crippen LogP contribution in [0, 0.1) is 0 Å². The van der Waals surface area contributed by atoms with Crippen molar-refractivity contribution in [2.75, 3.05) is 7.11 Å². The quantitative estimate of drug-likeness (QED) is 0.394. The lowest BCUT2D eigenvalue weighted by atomic mass is 10.2. The minimum atomic E-state index is -0.440. The van der Waals surface area contributed by atoms with Crippen LogP contribution in [0.2, 0.25) is 4.34 Å². The zero-order valence-corrected chi connectivity index (χ0v) is 17.6. The zero-order valence-electron chi connectivity index (χ0n) is 16.0. The van der Waals surface area contributed by atoms with Gasteiger partial charge >= 0.3 is 5.69 Å². The van der Waals surface area contributed by atoms with Crippen LogP contribution >= 0.6 is 22.9 Å². The first-order chi connectivity index (χ1) is 14.6. The van der Waals surface area contributed by atoms with E-state index < -0.39 is 11.6 Å². The molecule has 30 heavy (non-hydrogen) atoms. The molecule has 0 spiro atoms. The van der Waals surface area contributed by atoms with Crippen molar-refractivity contribution in [2.24, 2.45) is 0 Å². The molecule has 0 atom stereocenters. The fourth-order valence-electron chi connectivity index (χ4n) is 3.02. The first kappa shape index (κ1) is 19.9. The lowest BCUT2D eigenvalue weighted by Crippen LogP contribution is -2.27. The Morgan fingerprint density at radius 1 is 1.03 bits per heavy atom. The molecular weight excluding hydrogens is 420 g/mol. The summed E-state index contributed by atoms with van der Waals surface area (Å²) in [4.78, 5) is 26.9. The summed E-state index contributed by atoms with van der Waals surface area (Å²) in [5, 5.41) is 0. The summed E-state index contributed by atoms with van der Waals surface area (Å²) in [6, 6.07) is 20.0. The predicted octanol–water partition coefficient (Wildman–Crippen LogP) is 5.38. The lowest BCUT2D eigenvalue weighted by Gasteiger charge is -2.02. The van der Waals surface area contributed by atoms with Gasteiger partial charge in [0.1, 0.15) is 5.75 Å². The van der Waals surface area contributed by atoms with Crippen LogP contribution in [0.15, 0.2) is 83.8 Å². The van der Waals surface area contributed by atoms with E-state index in [4.69, 9.17) is 16.3 Å². The predicted molar refractivity (Wildman–Crippen MR) is 121 cm³/mol. The van der Waals surface area contributed by atoms with Gasteiger partial charge in [0.15, 0.2) is 0 Å². The molecule has 0 fully saturated rings. The van der Waals surface area contributed by atoms with Gasteiger partial charge in [-0.05, 0) is 48.0 Å². The van der Waals surface area contributed by atoms with Gasteiger partial charge < -0.3 is 4.74 Å². The molecule has 0 N–H and O–H groups in total. The van der Waals surface area contributed by atoms with Crippen molar-refractivity contribution in [2.45, 2.75) is 0 Å². The highest BCUT2D eigenvalue weighted by molar-refractivity contribution is 7.19. The number of allylic oxidation sites excluding steroid dienone is 1. The number of imidazole rings is 1. The van der Waals surface area contributed by atoms with Crippen molar-refractivity contribution in [1.29, 1.82) is 0 Å². The van der Waals surface area contributed by atoms with Crippen LogP contribution in [-0.4, -0.2) is 22.2 Å². The lowest BCUT2D eigenvalue weighted by molar-refractivity contribution is 0.0967. The third-order valence-corrected chi connectivity index (χ3v) is 5.76. The number of benzene rings is 2. The van der Waals surface area contributed by atoms with Crippen molar-refractivity contribution >= 4 is 34.9 Å². The Morgan fingerprint density at radius 2 is 1.77 bits per heavy atom. The molecule has 2 aromatic heterocycles. The Morgan fingerprint density at radius 3 is 2.40 bits per heavy atom. The van der Waals surface area contributed by atoms with Gasteiger partial charge in [-0.2, -0.15) is 0 Å². The van der Waals surface area contributed by atoms with E-state index in [9.17, 15) is 9.59 Å². The number of rotatable bonds is 5. The average Bonchev–Trinajstić information content (AvgIpc) is 3.36. The van der Waals surface area contributed by atoms with Gasteiger partial charge in [0.25, 0.3) is 5.91 Å². The topological polar surface area (TPSA) is 53.2 Å². The third kappa shape index (κ3) is 4.01. The number of para-hydroxylation sites is 1. The molecule has 150 valence electrons. The fraction of sp³-hybridized carbons (Fsp3) is 0.0435. The van der Waals surface area contributed by atoms with Crippen LogP contribution in [0.25, 0.3) is 22.3 Å². The van der Waals surface area contributed by atoms with E-state index in [2.05, 4.69) is 0 Å². The van der Waals surface area contributed by atoms with Crippen molar-refractivity contribution in [3.63, 3.8) is 0 Å². The molecule has 7 heteroatoms. The highest BCUT2D eigenvalue weighted by Gasteiger charge is 2.19. The molecule has 2 aromatic carbocycles. The summed E-state index contributed by atoms with van der Waals surface area (Å²) in [7, 11) is 1.59. The number of carbonyl (C=O) groups excluding carboxylic acids is 1. The summed E-state index contributed by atoms with van der Waals surface area (Å²) >= 11 is 7.40. The van der Waals surface area contributed by atoms with E-state index in [0.29, 0.717) is 15.7 Å². The normalized spacial score (nSPS) is 11.1. The summed E-state index contributed by atoms with van der Waals surface area (Å²) in [5.74, 6) is 0.288. The molecule has 0 saturated carbocycles. The Kier molecular flexibility index (Phi) is 5.70. The van der Waals surface area contributed by atoms with Crippen molar-refractivity contribution in [1.82, 2.24) is 9.13 Å². The molecule has 2 heterocycles. The Balaban J connectivity index is 1.77. The first-order valence-corrected chi connectivity index (χ1v) is 10.3. The average molecular weight is 437 g/mol. The second-order valence-corrected chi connectivity index (χ2v) is 8.10. The minimum Gasteiger partial charge on any atom is -0.497 e. The number of aromatic nitrogens is 2. The maximum Gasteiger partial charge on any atom is 0.340 e. The van der Waals surface area contributed by atoms with Crippen LogP contribution in [0.1, 0.15) is 10.4 Å². The highest BCUT2D eigenvalue weighted by Crippen LogP contribution is 2.31. The highest BCUT2D eigenvalue weighted by atomic mass is 35.5. The number of nitrogens with zero attached hydrogens (tertiary/aromatic N) is 2. The number of thiophene rings is 1. The van der Waals surface area contributed by atoms with E-state index in [0.717, 1.165) is 20.8 Å². The Bertz CT molecular complexity index is 1270. The van der Waals surface area contributed by atoms with Crippen LogP contribution < -0.4 is 10.4 Å². The summed E-state index contributed by atoms with van der Waals surface area (Å²) in [5.41, 5.74) is 1.55. The number of hydrogen-bond donors (Lipinski definition) is 0. The molecule has 4 rings (SSSR count). The molecular formula is C23H17ClN2O3S. The number of ether oxygens (including phenoxy) is 1. The Labute approximate surface area is 182 Å². The Hall–Kier alpha value is -3.35. The number of halogens is 1. The molecule has 0 bridgehead atoms. The van der Waals surface area contributed by atoms with Crippen LogP contribution in [-0.2, 0) is 0 Å². The van der Waals surface area contributed by atoms with Gasteiger partial charge in [0, 0.05) is 12.3 Å². The number of carbonyl (C=O) groups is 1. The minimum absolute atomic E-state index is 0.440. The zero-order chi connectivity index (χ0) is 21.1. The van der Waals surface area contributed by atoms with Crippen LogP contribution in [0.4, 0.5) is 0 Å². The molecule has 0 radical (unpaired) electrons. The smallest absolute Gasteiger partial charge is 0.340 e. The first-order valence-electron chi connectivity index (χ1n) is 9.09. The van der Waals surface area contributed by atoms with Crippen LogP contribution in [0.3, 0.4) is 0 Å². The standard InChI is InChI=1S/C23H17ClN2O3S/c1-29-18-10-7-16(8-11-18)9-14-22(27)26-19(20-12-13-21(24)30-20)15-25(23(26)28)17-5-3-2-4-6-17/h2-15H,1H3. The summed E-state index contributed by atoms with van der Waals surface area (Å²) in [6.45, 7) is 0. The maximum atomic E-state index is 13.1. The second-order valence-electron chi connectivity index (χ2n) is 6.39. The van der Waals surface area contributed by atoms with Gasteiger partial charge in [-0.3, -0.25) is 9.36 Å². The second kappa shape index (κ2) is 8.57. The molecule has 5 nitrogen and oxygen atoms in total. The summed E-state index contributed by atoms with van der Waals surface area (Å²) in [6.07, 6.45) is 4.72. The molecule has 0 aliphatic rings. The largest absolute Gasteiger partial charge is 0.497 e. The number of hydrogen-bond acceptors (Lipinski definition) is 4. The molecule has 0 amide bonds. The van der Waals surface area contributed by atoms with E-state index in [1.807, 2.05) is 42.5 Å². The fourth-order valence-corrected chi connectivity index (χ4v) is 4.06. The van der Waals surface area contributed by atoms with E-state index in [-0.39, 0.29) is 0 Å². The molecule has 0 aliphatic heterocycles. The van der Waals surface area contributed by atoms with Crippen LogP contribution in [0.5, 0.6) is 5.75 Å². The monoisotopic (exact) mass is 436 g/mol.